The summed E-state index contributed by atoms with van der Waals surface area (Å²) in [5.41, 5.74) is 4.67. The van der Waals surface area contributed by atoms with E-state index in [9.17, 15) is 9.59 Å². The van der Waals surface area contributed by atoms with Crippen molar-refractivity contribution < 1.29 is 9.59 Å². The van der Waals surface area contributed by atoms with Gasteiger partial charge in [0.2, 0.25) is 11.8 Å². The lowest BCUT2D eigenvalue weighted by Crippen LogP contribution is -2.48. The molecule has 10 heavy (non-hydrogen) atoms. The number of rotatable bonds is 2. The van der Waals surface area contributed by atoms with Crippen molar-refractivity contribution in [3.63, 3.8) is 0 Å². The minimum Gasteiger partial charge on any atom is -0.274 e. The van der Waals surface area contributed by atoms with Gasteiger partial charge in [0, 0.05) is 20.9 Å². The van der Waals surface area contributed by atoms with Crippen LogP contribution < -0.4 is 10.9 Å². The zero-order valence-corrected chi connectivity index (χ0v) is 6.26. The van der Waals surface area contributed by atoms with E-state index in [0.717, 1.165) is 0 Å². The van der Waals surface area contributed by atoms with Crippen LogP contribution in [0.15, 0.2) is 0 Å². The third kappa shape index (κ3) is 5.04. The minimum absolute atomic E-state index is 0.226. The van der Waals surface area contributed by atoms with Crippen LogP contribution in [0.1, 0.15) is 13.8 Å². The maximum absolute atomic E-state index is 10.3. The van der Waals surface area contributed by atoms with E-state index in [2.05, 4.69) is 10.9 Å². The molecule has 0 rings (SSSR count). The molecule has 2 N–H and O–H groups in total. The number of nitrogens with one attached hydrogen (secondary N) is 2. The average molecular weight is 145 g/mol. The molecule has 0 aromatic carbocycles. The standard InChI is InChI=1S/C5H11N3O2/c1-4(9)6-8(3)7-5(2)10/h1-3H3,(H,6,9)(H,7,10). The molecule has 0 bridgehead atoms. The minimum atomic E-state index is -0.226. The van der Waals surface area contributed by atoms with Gasteiger partial charge in [-0.3, -0.25) is 20.4 Å². The molecule has 0 heterocycles. The molecule has 0 saturated heterocycles. The molecule has 58 valence electrons. The molecule has 0 aromatic rings. The summed E-state index contributed by atoms with van der Waals surface area (Å²) < 4.78 is 0. The van der Waals surface area contributed by atoms with Gasteiger partial charge in [0.1, 0.15) is 0 Å². The predicted molar refractivity (Wildman–Crippen MR) is 35.4 cm³/mol. The Kier molecular flexibility index (Phi) is 3.42. The lowest BCUT2D eigenvalue weighted by atomic mass is 10.7. The van der Waals surface area contributed by atoms with Crippen LogP contribution in [0.2, 0.25) is 0 Å². The molecule has 0 saturated carbocycles. The first-order valence-corrected chi connectivity index (χ1v) is 2.80. The van der Waals surface area contributed by atoms with Crippen molar-refractivity contribution in [2.45, 2.75) is 13.8 Å². The van der Waals surface area contributed by atoms with Gasteiger partial charge in [-0.25, -0.2) is 0 Å². The first-order chi connectivity index (χ1) is 4.52. The molecule has 2 amide bonds. The van der Waals surface area contributed by atoms with Crippen LogP contribution >= 0.6 is 0 Å². The zero-order chi connectivity index (χ0) is 8.15. The number of carbonyl (C=O) groups excluding carboxylic acids is 2. The number of hydrogen-bond acceptors (Lipinski definition) is 3. The first-order valence-electron chi connectivity index (χ1n) is 2.80. The van der Waals surface area contributed by atoms with Gasteiger partial charge in [-0.2, -0.15) is 0 Å². The Hall–Kier alpha value is -1.10. The van der Waals surface area contributed by atoms with Crippen LogP contribution in [-0.4, -0.2) is 24.0 Å². The predicted octanol–water partition coefficient (Wildman–Crippen LogP) is -0.980. The van der Waals surface area contributed by atoms with E-state index in [0.29, 0.717) is 0 Å². The molecule has 0 aliphatic rings. The van der Waals surface area contributed by atoms with Crippen LogP contribution in [0, 0.1) is 0 Å². The molecule has 0 aromatic heterocycles. The average Bonchev–Trinajstić information content (AvgIpc) is 1.58. The molecular weight excluding hydrogens is 134 g/mol. The first kappa shape index (κ1) is 8.90. The van der Waals surface area contributed by atoms with Crippen LogP contribution in [0.5, 0.6) is 0 Å². The van der Waals surface area contributed by atoms with E-state index < -0.39 is 0 Å². The zero-order valence-electron chi connectivity index (χ0n) is 6.26. The highest BCUT2D eigenvalue weighted by molar-refractivity contribution is 5.74. The van der Waals surface area contributed by atoms with Crippen molar-refractivity contribution >= 4 is 11.8 Å². The van der Waals surface area contributed by atoms with Crippen LogP contribution in [-0.2, 0) is 9.59 Å². The Morgan fingerprint density at radius 1 is 1.10 bits per heavy atom. The van der Waals surface area contributed by atoms with Crippen LogP contribution in [0.4, 0.5) is 0 Å². The van der Waals surface area contributed by atoms with Crippen molar-refractivity contribution in [2.24, 2.45) is 0 Å². The van der Waals surface area contributed by atoms with Gasteiger partial charge in [-0.1, -0.05) is 0 Å². The smallest absolute Gasteiger partial charge is 0.232 e. The highest BCUT2D eigenvalue weighted by Gasteiger charge is 1.98. The summed E-state index contributed by atoms with van der Waals surface area (Å²) >= 11 is 0. The van der Waals surface area contributed by atoms with Crippen molar-refractivity contribution in [3.05, 3.63) is 0 Å². The molecule has 0 atom stereocenters. The van der Waals surface area contributed by atoms with E-state index in [1.54, 1.807) is 0 Å². The SMILES string of the molecule is CC(=O)NN(C)NC(C)=O. The fourth-order valence-electron chi connectivity index (χ4n) is 0.500. The molecule has 5 nitrogen and oxygen atoms in total. The van der Waals surface area contributed by atoms with Gasteiger partial charge in [-0.15, -0.1) is 5.12 Å². The lowest BCUT2D eigenvalue weighted by molar-refractivity contribution is -0.129. The van der Waals surface area contributed by atoms with Gasteiger partial charge in [0.25, 0.3) is 0 Å². The van der Waals surface area contributed by atoms with Gasteiger partial charge in [-0.05, 0) is 0 Å². The van der Waals surface area contributed by atoms with Gasteiger partial charge < -0.3 is 0 Å². The van der Waals surface area contributed by atoms with E-state index in [1.165, 1.54) is 26.0 Å². The third-order valence-electron chi connectivity index (χ3n) is 0.650. The molecular formula is C5H11N3O2. The second-order valence-electron chi connectivity index (χ2n) is 1.89. The molecule has 0 aliphatic carbocycles. The monoisotopic (exact) mass is 145 g/mol. The van der Waals surface area contributed by atoms with Crippen molar-refractivity contribution in [2.75, 3.05) is 7.05 Å². The maximum Gasteiger partial charge on any atom is 0.232 e. The topological polar surface area (TPSA) is 61.4 Å². The highest BCUT2D eigenvalue weighted by atomic mass is 16.2. The Balaban J connectivity index is 3.53. The largest absolute Gasteiger partial charge is 0.274 e. The van der Waals surface area contributed by atoms with Gasteiger partial charge in [0.15, 0.2) is 0 Å². The molecule has 5 heteroatoms. The summed E-state index contributed by atoms with van der Waals surface area (Å²) in [5.74, 6) is -0.451. The fourth-order valence-corrected chi connectivity index (χ4v) is 0.500. The lowest BCUT2D eigenvalue weighted by Gasteiger charge is -2.15. The van der Waals surface area contributed by atoms with Crippen LogP contribution in [0.3, 0.4) is 0 Å². The Morgan fingerprint density at radius 2 is 1.40 bits per heavy atom. The van der Waals surface area contributed by atoms with Crippen molar-refractivity contribution in [1.29, 1.82) is 0 Å². The molecule has 0 aliphatic heterocycles. The molecule has 0 fully saturated rings. The Bertz CT molecular complexity index is 130. The molecule has 0 unspecified atom stereocenters. The van der Waals surface area contributed by atoms with Crippen molar-refractivity contribution in [1.82, 2.24) is 16.0 Å². The second-order valence-corrected chi connectivity index (χ2v) is 1.89. The second kappa shape index (κ2) is 3.84. The Morgan fingerprint density at radius 3 is 1.60 bits per heavy atom. The molecule has 0 radical (unpaired) electrons. The number of hydrogen-bond donors (Lipinski definition) is 2. The summed E-state index contributed by atoms with van der Waals surface area (Å²) in [4.78, 5) is 20.7. The summed E-state index contributed by atoms with van der Waals surface area (Å²) in [6, 6.07) is 0. The van der Waals surface area contributed by atoms with E-state index in [1.807, 2.05) is 0 Å². The summed E-state index contributed by atoms with van der Waals surface area (Å²) in [5, 5.41) is 1.20. The normalized spacial score (nSPS) is 9.20. The third-order valence-corrected chi connectivity index (χ3v) is 0.650. The number of amides is 2. The number of nitrogens with zero attached hydrogens (tertiary/aromatic N) is 1. The van der Waals surface area contributed by atoms with E-state index >= 15 is 0 Å². The number of hydrazine groups is 2. The van der Waals surface area contributed by atoms with E-state index in [4.69, 9.17) is 0 Å². The van der Waals surface area contributed by atoms with Gasteiger partial charge >= 0.3 is 0 Å². The van der Waals surface area contributed by atoms with Crippen LogP contribution in [0.25, 0.3) is 0 Å². The maximum atomic E-state index is 10.3. The molecule has 0 spiro atoms. The van der Waals surface area contributed by atoms with E-state index in [-0.39, 0.29) is 11.8 Å². The highest BCUT2D eigenvalue weighted by Crippen LogP contribution is 1.67. The Labute approximate surface area is 59.3 Å². The van der Waals surface area contributed by atoms with Crippen molar-refractivity contribution in [3.8, 4) is 0 Å². The summed E-state index contributed by atoms with van der Waals surface area (Å²) in [6.07, 6.45) is 0. The number of carbonyl (C=O) groups is 2. The summed E-state index contributed by atoms with van der Waals surface area (Å²) in [7, 11) is 1.53. The quantitative estimate of drug-likeness (QED) is 0.491. The fraction of sp³-hybridized carbons (Fsp3) is 0.600. The van der Waals surface area contributed by atoms with Gasteiger partial charge in [0.05, 0.1) is 0 Å². The summed E-state index contributed by atoms with van der Waals surface area (Å²) in [6.45, 7) is 2.72.